The summed E-state index contributed by atoms with van der Waals surface area (Å²) in [7, 11) is 1.39. The maximum Gasteiger partial charge on any atom is 0.329 e. The SMILES string of the molecule is C[C@]1(CO)CN([B]C=O)c2c(C#N)cc(-c3ccnc(Nc4cc(C#N)cnc4CCC4CC4)n3)cc21. The average molecular weight is 490 g/mol. The number of aryl methyl sites for hydroxylation is 1. The summed E-state index contributed by atoms with van der Waals surface area (Å²) < 4.78 is 0. The van der Waals surface area contributed by atoms with Gasteiger partial charge in [0.1, 0.15) is 18.3 Å². The highest BCUT2D eigenvalue weighted by Gasteiger charge is 2.40. The van der Waals surface area contributed by atoms with Crippen LogP contribution in [0.3, 0.4) is 0 Å². The van der Waals surface area contributed by atoms with Gasteiger partial charge < -0.3 is 20.0 Å². The Bertz CT molecular complexity index is 1440. The molecule has 1 atom stereocenters. The standard InChI is InChI=1S/C27H25BN7O2/c1-27(15-36)14-35(28-16-37)25-20(12-30)9-19(10-21(25)27)22-6-7-31-26(33-22)34-24-8-18(11-29)13-32-23(24)5-4-17-2-3-17/h6-10,13,16-17,36H,2-5,14-15H2,1H3,(H,31,33,34)/t27-/m1/s1. The van der Waals surface area contributed by atoms with Crippen LogP contribution in [0, 0.1) is 28.6 Å². The van der Waals surface area contributed by atoms with Crippen molar-refractivity contribution in [3.05, 3.63) is 59.0 Å². The summed E-state index contributed by atoms with van der Waals surface area (Å²) in [5.41, 5.74) is 4.47. The lowest BCUT2D eigenvalue weighted by Crippen LogP contribution is -2.36. The number of carbonyl (C=O) groups excluding carboxylic acids is 1. The maximum atomic E-state index is 11.2. The van der Waals surface area contributed by atoms with Crippen molar-refractivity contribution in [1.29, 1.82) is 10.5 Å². The van der Waals surface area contributed by atoms with Crippen LogP contribution in [0.1, 0.15) is 48.6 Å². The van der Waals surface area contributed by atoms with Gasteiger partial charge in [0, 0.05) is 35.6 Å². The summed E-state index contributed by atoms with van der Waals surface area (Å²) in [6.07, 6.45) is 8.28. The Hall–Kier alpha value is -4.28. The van der Waals surface area contributed by atoms with Gasteiger partial charge in [-0.25, -0.2) is 9.97 Å². The molecule has 0 unspecified atom stereocenters. The summed E-state index contributed by atoms with van der Waals surface area (Å²) in [5, 5.41) is 32.7. The summed E-state index contributed by atoms with van der Waals surface area (Å²) in [6.45, 7) is 2.15. The van der Waals surface area contributed by atoms with E-state index in [0.29, 0.717) is 52.4 Å². The number of nitrogens with zero attached hydrogens (tertiary/aromatic N) is 6. The molecule has 2 aromatic heterocycles. The van der Waals surface area contributed by atoms with Crippen LogP contribution >= 0.6 is 0 Å². The van der Waals surface area contributed by atoms with E-state index in [1.165, 1.54) is 20.3 Å². The number of hydrogen-bond donors (Lipinski definition) is 2. The largest absolute Gasteiger partial charge is 0.410 e. The Kier molecular flexibility index (Phi) is 6.60. The molecule has 0 saturated heterocycles. The van der Waals surface area contributed by atoms with Gasteiger partial charge in [0.05, 0.1) is 34.8 Å². The maximum absolute atomic E-state index is 11.2. The summed E-state index contributed by atoms with van der Waals surface area (Å²) in [5.74, 6) is 1.10. The third kappa shape index (κ3) is 4.89. The molecule has 0 amide bonds. The fourth-order valence-electron chi connectivity index (χ4n) is 4.82. The van der Waals surface area contributed by atoms with Crippen molar-refractivity contribution in [2.45, 2.75) is 38.0 Å². The zero-order valence-corrected chi connectivity index (χ0v) is 20.5. The molecule has 0 bridgehead atoms. The van der Waals surface area contributed by atoms with Crippen molar-refractivity contribution in [1.82, 2.24) is 15.0 Å². The van der Waals surface area contributed by atoms with E-state index in [2.05, 4.69) is 32.4 Å². The minimum atomic E-state index is -0.648. The third-order valence-electron chi connectivity index (χ3n) is 7.06. The van der Waals surface area contributed by atoms with Gasteiger partial charge in [0.15, 0.2) is 0 Å². The molecule has 9 nitrogen and oxygen atoms in total. The molecule has 1 aliphatic carbocycles. The minimum Gasteiger partial charge on any atom is -0.410 e. The number of aromatic nitrogens is 3. The monoisotopic (exact) mass is 490 g/mol. The highest BCUT2D eigenvalue weighted by Crippen LogP contribution is 2.44. The topological polar surface area (TPSA) is 139 Å². The molecule has 1 radical (unpaired) electrons. The van der Waals surface area contributed by atoms with Gasteiger partial charge in [-0.1, -0.05) is 19.8 Å². The smallest absolute Gasteiger partial charge is 0.329 e. The lowest BCUT2D eigenvalue weighted by molar-refractivity contribution is 0.217. The second-order valence-corrected chi connectivity index (χ2v) is 9.87. The molecule has 1 aliphatic heterocycles. The van der Waals surface area contributed by atoms with Crippen LogP contribution in [0.15, 0.2) is 36.7 Å². The molecule has 3 aromatic rings. The Labute approximate surface area is 216 Å². The number of benzene rings is 1. The van der Waals surface area contributed by atoms with E-state index in [0.717, 1.165) is 30.0 Å². The van der Waals surface area contributed by atoms with E-state index in [4.69, 9.17) is 0 Å². The predicted octanol–water partition coefficient (Wildman–Crippen LogP) is 3.25. The molecule has 5 rings (SSSR count). The van der Waals surface area contributed by atoms with Crippen LogP contribution in [0.4, 0.5) is 17.3 Å². The molecule has 1 saturated carbocycles. The first-order chi connectivity index (χ1) is 18.0. The summed E-state index contributed by atoms with van der Waals surface area (Å²) >= 11 is 0. The van der Waals surface area contributed by atoms with E-state index in [9.17, 15) is 20.4 Å². The molecule has 3 heterocycles. The first kappa shape index (κ1) is 24.4. The first-order valence-corrected chi connectivity index (χ1v) is 12.2. The highest BCUT2D eigenvalue weighted by molar-refractivity contribution is 6.70. The second kappa shape index (κ2) is 10.0. The quantitative estimate of drug-likeness (QED) is 0.342. The molecule has 37 heavy (non-hydrogen) atoms. The Morgan fingerprint density at radius 1 is 1.27 bits per heavy atom. The molecular formula is C27H25BN7O2. The molecule has 183 valence electrons. The number of nitrogens with one attached hydrogen (secondary N) is 1. The lowest BCUT2D eigenvalue weighted by Gasteiger charge is -2.23. The zero-order valence-electron chi connectivity index (χ0n) is 20.5. The van der Waals surface area contributed by atoms with Gasteiger partial charge in [-0.3, -0.25) is 4.98 Å². The highest BCUT2D eigenvalue weighted by atomic mass is 16.3. The van der Waals surface area contributed by atoms with E-state index in [1.54, 1.807) is 35.4 Å². The lowest BCUT2D eigenvalue weighted by atomic mass is 9.83. The summed E-state index contributed by atoms with van der Waals surface area (Å²) in [4.78, 5) is 26.5. The van der Waals surface area contributed by atoms with Crippen molar-refractivity contribution in [3.8, 4) is 23.4 Å². The van der Waals surface area contributed by atoms with Gasteiger partial charge in [-0.15, -0.1) is 0 Å². The normalized spacial score (nSPS) is 18.0. The fraction of sp³-hybridized carbons (Fsp3) is 0.333. The zero-order chi connectivity index (χ0) is 26.0. The second-order valence-electron chi connectivity index (χ2n) is 9.87. The minimum absolute atomic E-state index is 0.139. The number of aliphatic hydroxyl groups is 1. The predicted molar refractivity (Wildman–Crippen MR) is 140 cm³/mol. The fourth-order valence-corrected chi connectivity index (χ4v) is 4.82. The molecule has 0 spiro atoms. The van der Waals surface area contributed by atoms with Gasteiger partial charge >= 0.3 is 7.41 Å². The first-order valence-electron chi connectivity index (χ1n) is 12.2. The van der Waals surface area contributed by atoms with Crippen LogP contribution < -0.4 is 10.1 Å². The van der Waals surface area contributed by atoms with Gasteiger partial charge in [-0.2, -0.15) is 10.5 Å². The number of carbonyl (C=O) groups is 1. The number of hydrogen-bond acceptors (Lipinski definition) is 9. The van der Waals surface area contributed by atoms with Crippen LogP contribution in [0.5, 0.6) is 0 Å². The Balaban J connectivity index is 1.50. The van der Waals surface area contributed by atoms with E-state index in [-0.39, 0.29) is 6.61 Å². The van der Waals surface area contributed by atoms with Crippen molar-refractivity contribution in [2.24, 2.45) is 5.92 Å². The van der Waals surface area contributed by atoms with Gasteiger partial charge in [-0.05, 0) is 48.6 Å². The van der Waals surface area contributed by atoms with Crippen LogP contribution in [-0.4, -0.2) is 46.8 Å². The molecule has 10 heteroatoms. The number of fused-ring (bicyclic) bond motifs is 1. The van der Waals surface area contributed by atoms with E-state index in [1.807, 2.05) is 13.0 Å². The van der Waals surface area contributed by atoms with Gasteiger partial charge in [0.2, 0.25) is 5.95 Å². The van der Waals surface area contributed by atoms with Crippen molar-refractivity contribution >= 4 is 30.9 Å². The molecule has 2 N–H and O–H groups in total. The number of rotatable bonds is 9. The number of anilines is 3. The van der Waals surface area contributed by atoms with Crippen molar-refractivity contribution in [2.75, 3.05) is 23.3 Å². The van der Waals surface area contributed by atoms with Crippen LogP contribution in [-0.2, 0) is 16.6 Å². The number of pyridine rings is 1. The number of nitriles is 2. The molecule has 1 aromatic carbocycles. The van der Waals surface area contributed by atoms with Crippen molar-refractivity contribution in [3.63, 3.8) is 0 Å². The Morgan fingerprint density at radius 3 is 2.81 bits per heavy atom. The van der Waals surface area contributed by atoms with E-state index < -0.39 is 5.41 Å². The molecule has 1 fully saturated rings. The molecule has 2 aliphatic rings. The van der Waals surface area contributed by atoms with E-state index >= 15 is 0 Å². The third-order valence-corrected chi connectivity index (χ3v) is 7.06. The van der Waals surface area contributed by atoms with Crippen LogP contribution in [0.2, 0.25) is 0 Å². The van der Waals surface area contributed by atoms with Gasteiger partial charge in [0.25, 0.3) is 0 Å². The van der Waals surface area contributed by atoms with Crippen LogP contribution in [0.25, 0.3) is 11.3 Å². The van der Waals surface area contributed by atoms with Crippen molar-refractivity contribution < 1.29 is 9.90 Å². The number of aliphatic hydroxyl groups excluding tert-OH is 1. The summed E-state index contributed by atoms with van der Waals surface area (Å²) in [6, 6.07) is 11.5. The average Bonchev–Trinajstić information content (AvgIpc) is 3.71. The Morgan fingerprint density at radius 2 is 2.11 bits per heavy atom. The molecular weight excluding hydrogens is 465 g/mol.